The van der Waals surface area contributed by atoms with Gasteiger partial charge < -0.3 is 9.64 Å². The molecular weight excluding hydrogens is 240 g/mol. The largest absolute Gasteiger partial charge is 0.384 e. The molecule has 4 heteroatoms. The Morgan fingerprint density at radius 3 is 2.58 bits per heavy atom. The van der Waals surface area contributed by atoms with Gasteiger partial charge in [0.15, 0.2) is 0 Å². The molecule has 0 aromatic carbocycles. The highest BCUT2D eigenvalue weighted by Crippen LogP contribution is 2.21. The van der Waals surface area contributed by atoms with Crippen molar-refractivity contribution in [3.8, 4) is 0 Å². The third-order valence-corrected chi connectivity index (χ3v) is 3.73. The number of methoxy groups -OCH3 is 1. The molecule has 0 spiro atoms. The fourth-order valence-corrected chi connectivity index (χ4v) is 2.75. The second-order valence-corrected chi connectivity index (χ2v) is 6.10. The zero-order valence-corrected chi connectivity index (χ0v) is 13.1. The molecule has 1 heterocycles. The molecule has 1 N–H and O–H groups in total. The number of amides is 1. The number of unbranched alkanes of at least 4 members (excludes halogenated alkanes) is 1. The number of nitrogens with zero attached hydrogens (tertiary/aromatic N) is 1. The lowest BCUT2D eigenvalue weighted by molar-refractivity contribution is -0.131. The number of rotatable bonds is 8. The molecule has 1 fully saturated rings. The van der Waals surface area contributed by atoms with E-state index in [2.05, 4.69) is 33.0 Å². The predicted octanol–water partition coefficient (Wildman–Crippen LogP) is 2.24. The van der Waals surface area contributed by atoms with Crippen LogP contribution in [0, 0.1) is 11.8 Å². The molecule has 1 saturated heterocycles. The van der Waals surface area contributed by atoms with Gasteiger partial charge in [-0.3, -0.25) is 10.1 Å². The Morgan fingerprint density at radius 2 is 2.05 bits per heavy atom. The molecule has 0 saturated carbocycles. The van der Waals surface area contributed by atoms with Crippen molar-refractivity contribution in [2.24, 2.45) is 11.8 Å². The summed E-state index contributed by atoms with van der Waals surface area (Å²) in [6.45, 7) is 10.1. The minimum atomic E-state index is 0.0158. The highest BCUT2D eigenvalue weighted by Gasteiger charge is 2.39. The van der Waals surface area contributed by atoms with Crippen molar-refractivity contribution in [3.05, 3.63) is 0 Å². The van der Waals surface area contributed by atoms with Crippen molar-refractivity contribution in [1.29, 1.82) is 0 Å². The van der Waals surface area contributed by atoms with Crippen LogP contribution in [0.15, 0.2) is 0 Å². The van der Waals surface area contributed by atoms with Gasteiger partial charge >= 0.3 is 0 Å². The highest BCUT2D eigenvalue weighted by atomic mass is 16.5. The van der Waals surface area contributed by atoms with E-state index in [1.165, 1.54) is 0 Å². The van der Waals surface area contributed by atoms with E-state index < -0.39 is 0 Å². The van der Waals surface area contributed by atoms with Gasteiger partial charge in [0.25, 0.3) is 0 Å². The lowest BCUT2D eigenvalue weighted by atomic mass is 10.1. The molecule has 0 aromatic heterocycles. The number of carbonyl (C=O) groups excluding carboxylic acids is 1. The standard InChI is InChI=1S/C15H30N2O2/c1-6-7-8-13-15(18)17(9-12(4)10-19-5)14(16-13)11(2)3/h11-14,16H,6-10H2,1-5H3. The first kappa shape index (κ1) is 16.4. The van der Waals surface area contributed by atoms with Crippen LogP contribution in [0.1, 0.15) is 47.0 Å². The number of carbonyl (C=O) groups is 1. The molecule has 4 nitrogen and oxygen atoms in total. The van der Waals surface area contributed by atoms with E-state index in [9.17, 15) is 4.79 Å². The van der Waals surface area contributed by atoms with Crippen molar-refractivity contribution < 1.29 is 9.53 Å². The first-order valence-corrected chi connectivity index (χ1v) is 7.56. The fourth-order valence-electron chi connectivity index (χ4n) is 2.75. The molecule has 0 aliphatic carbocycles. The van der Waals surface area contributed by atoms with Crippen molar-refractivity contribution in [2.45, 2.75) is 59.2 Å². The lowest BCUT2D eigenvalue weighted by Gasteiger charge is -2.29. The maximum Gasteiger partial charge on any atom is 0.241 e. The molecule has 3 unspecified atom stereocenters. The third kappa shape index (κ3) is 4.46. The summed E-state index contributed by atoms with van der Waals surface area (Å²) in [7, 11) is 1.71. The minimum absolute atomic E-state index is 0.0158. The molecule has 112 valence electrons. The summed E-state index contributed by atoms with van der Waals surface area (Å²) in [4.78, 5) is 14.5. The van der Waals surface area contributed by atoms with Crippen LogP contribution in [-0.2, 0) is 9.53 Å². The first-order valence-electron chi connectivity index (χ1n) is 7.56. The Balaban J connectivity index is 2.66. The van der Waals surface area contributed by atoms with Crippen molar-refractivity contribution in [2.75, 3.05) is 20.3 Å². The molecule has 1 aliphatic rings. The van der Waals surface area contributed by atoms with Gasteiger partial charge in [0.05, 0.1) is 18.8 Å². The molecule has 1 amide bonds. The van der Waals surface area contributed by atoms with E-state index in [1.54, 1.807) is 7.11 Å². The maximum atomic E-state index is 12.5. The van der Waals surface area contributed by atoms with Gasteiger partial charge in [0.2, 0.25) is 5.91 Å². The Kier molecular flexibility index (Phi) is 6.80. The average Bonchev–Trinajstić information content (AvgIpc) is 2.65. The van der Waals surface area contributed by atoms with Crippen LogP contribution in [-0.4, -0.2) is 43.3 Å². The van der Waals surface area contributed by atoms with Crippen LogP contribution in [0.3, 0.4) is 0 Å². The van der Waals surface area contributed by atoms with Gasteiger partial charge in [-0.2, -0.15) is 0 Å². The van der Waals surface area contributed by atoms with Crippen LogP contribution in [0.25, 0.3) is 0 Å². The van der Waals surface area contributed by atoms with Crippen LogP contribution < -0.4 is 5.32 Å². The van der Waals surface area contributed by atoms with E-state index in [4.69, 9.17) is 4.74 Å². The monoisotopic (exact) mass is 270 g/mol. The van der Waals surface area contributed by atoms with Gasteiger partial charge in [-0.1, -0.05) is 40.5 Å². The molecule has 0 bridgehead atoms. The molecular formula is C15H30N2O2. The van der Waals surface area contributed by atoms with E-state index in [0.29, 0.717) is 18.4 Å². The van der Waals surface area contributed by atoms with Crippen LogP contribution in [0.2, 0.25) is 0 Å². The molecule has 0 radical (unpaired) electrons. The topological polar surface area (TPSA) is 41.6 Å². The molecule has 1 aliphatic heterocycles. The summed E-state index contributed by atoms with van der Waals surface area (Å²) < 4.78 is 5.18. The van der Waals surface area contributed by atoms with E-state index in [0.717, 1.165) is 25.8 Å². The highest BCUT2D eigenvalue weighted by molar-refractivity contribution is 5.84. The SMILES string of the molecule is CCCCC1NC(C(C)C)N(CC(C)COC)C1=O. The Labute approximate surface area is 117 Å². The molecule has 19 heavy (non-hydrogen) atoms. The summed E-state index contributed by atoms with van der Waals surface area (Å²) in [6.07, 6.45) is 3.37. The molecule has 1 rings (SSSR count). The number of hydrogen-bond donors (Lipinski definition) is 1. The Morgan fingerprint density at radius 1 is 1.37 bits per heavy atom. The number of nitrogens with one attached hydrogen (secondary N) is 1. The second-order valence-electron chi connectivity index (χ2n) is 6.10. The van der Waals surface area contributed by atoms with Crippen LogP contribution in [0.5, 0.6) is 0 Å². The zero-order chi connectivity index (χ0) is 14.4. The van der Waals surface area contributed by atoms with E-state index in [-0.39, 0.29) is 18.1 Å². The first-order chi connectivity index (χ1) is 9.01. The fraction of sp³-hybridized carbons (Fsp3) is 0.933. The average molecular weight is 270 g/mol. The molecule has 3 atom stereocenters. The Bertz CT molecular complexity index is 281. The van der Waals surface area contributed by atoms with Gasteiger partial charge in [-0.15, -0.1) is 0 Å². The third-order valence-electron chi connectivity index (χ3n) is 3.73. The lowest BCUT2D eigenvalue weighted by Crippen LogP contribution is -2.43. The van der Waals surface area contributed by atoms with Crippen molar-refractivity contribution in [3.63, 3.8) is 0 Å². The summed E-state index contributed by atoms with van der Waals surface area (Å²) in [5.41, 5.74) is 0. The normalized spacial score (nSPS) is 25.4. The summed E-state index contributed by atoms with van der Waals surface area (Å²) >= 11 is 0. The number of hydrogen-bond acceptors (Lipinski definition) is 3. The minimum Gasteiger partial charge on any atom is -0.384 e. The van der Waals surface area contributed by atoms with E-state index >= 15 is 0 Å². The zero-order valence-electron chi connectivity index (χ0n) is 13.1. The van der Waals surface area contributed by atoms with Crippen molar-refractivity contribution >= 4 is 5.91 Å². The van der Waals surface area contributed by atoms with Gasteiger partial charge in [-0.05, 0) is 18.3 Å². The summed E-state index contributed by atoms with van der Waals surface area (Å²) in [5, 5.41) is 3.51. The second kappa shape index (κ2) is 7.85. The van der Waals surface area contributed by atoms with Gasteiger partial charge in [-0.25, -0.2) is 0 Å². The number of ether oxygens (including phenoxy) is 1. The maximum absolute atomic E-state index is 12.5. The summed E-state index contributed by atoms with van der Waals surface area (Å²) in [6, 6.07) is 0.0158. The van der Waals surface area contributed by atoms with Crippen LogP contribution in [0.4, 0.5) is 0 Å². The van der Waals surface area contributed by atoms with Gasteiger partial charge in [0, 0.05) is 13.7 Å². The molecule has 0 aromatic rings. The van der Waals surface area contributed by atoms with E-state index in [1.807, 2.05) is 4.90 Å². The predicted molar refractivity (Wildman–Crippen MR) is 77.8 cm³/mol. The van der Waals surface area contributed by atoms with Gasteiger partial charge in [0.1, 0.15) is 0 Å². The Hall–Kier alpha value is -0.610. The summed E-state index contributed by atoms with van der Waals surface area (Å²) in [5.74, 6) is 1.09. The van der Waals surface area contributed by atoms with Crippen molar-refractivity contribution in [1.82, 2.24) is 10.2 Å². The quantitative estimate of drug-likeness (QED) is 0.735. The smallest absolute Gasteiger partial charge is 0.241 e. The van der Waals surface area contributed by atoms with Crippen LogP contribution >= 0.6 is 0 Å².